The number of benzene rings is 3. The molecule has 3 aromatic carbocycles. The van der Waals surface area contributed by atoms with Crippen LogP contribution in [0.2, 0.25) is 0 Å². The summed E-state index contributed by atoms with van der Waals surface area (Å²) in [6, 6.07) is 21.3. The van der Waals surface area contributed by atoms with Gasteiger partial charge in [0.15, 0.2) is 0 Å². The summed E-state index contributed by atoms with van der Waals surface area (Å²) >= 11 is 0. The minimum absolute atomic E-state index is 0.00820. The number of unbranched alkanes of at least 4 members (excludes halogenated alkanes) is 1. The van der Waals surface area contributed by atoms with Crippen molar-refractivity contribution in [1.29, 1.82) is 0 Å². The molecule has 2 amide bonds. The van der Waals surface area contributed by atoms with Gasteiger partial charge in [0, 0.05) is 32.5 Å². The highest BCUT2D eigenvalue weighted by atomic mass is 19.4. The van der Waals surface area contributed by atoms with Gasteiger partial charge in [0.25, 0.3) is 0 Å². The molecule has 0 aliphatic heterocycles. The monoisotopic (exact) mass is 556 g/mol. The average molecular weight is 557 g/mol. The van der Waals surface area contributed by atoms with Crippen molar-refractivity contribution in [3.63, 3.8) is 0 Å². The first kappa shape index (κ1) is 30.9. The lowest BCUT2D eigenvalue weighted by Gasteiger charge is -2.23. The highest BCUT2D eigenvalue weighted by Gasteiger charge is 2.30. The summed E-state index contributed by atoms with van der Waals surface area (Å²) in [6.45, 7) is 1.00. The Kier molecular flexibility index (Phi) is 12.2. The molecule has 0 radical (unpaired) electrons. The third kappa shape index (κ3) is 11.2. The van der Waals surface area contributed by atoms with Crippen molar-refractivity contribution in [2.75, 3.05) is 13.1 Å². The predicted octanol–water partition coefficient (Wildman–Crippen LogP) is 7.12. The lowest BCUT2D eigenvalue weighted by molar-refractivity contribution is -0.137. The standard InChI is InChI=1S/C32H36F4N2O2/c33-29-19-17-26(18-20-29)11-4-5-21-38(31(40)16-7-12-25-9-2-1-3-10-25)22-8-15-30(39)37-24-27-13-6-14-28(23-27)32(34,35)36/h1-3,6,9-10,13-14,17-20,23H,4-5,7-8,11-12,15-16,21-22,24H2,(H,37,39). The molecule has 0 aliphatic rings. The van der Waals surface area contributed by atoms with Crippen molar-refractivity contribution in [3.8, 4) is 0 Å². The van der Waals surface area contributed by atoms with E-state index >= 15 is 0 Å². The van der Waals surface area contributed by atoms with Gasteiger partial charge in [0.2, 0.25) is 11.8 Å². The first-order valence-corrected chi connectivity index (χ1v) is 13.7. The summed E-state index contributed by atoms with van der Waals surface area (Å²) in [5.74, 6) is -0.498. The largest absolute Gasteiger partial charge is 0.416 e. The van der Waals surface area contributed by atoms with E-state index in [1.165, 1.54) is 29.8 Å². The fraction of sp³-hybridized carbons (Fsp3) is 0.375. The lowest BCUT2D eigenvalue weighted by atomic mass is 10.1. The van der Waals surface area contributed by atoms with Gasteiger partial charge in [-0.1, -0.05) is 54.6 Å². The van der Waals surface area contributed by atoms with Gasteiger partial charge in [-0.05, 0) is 79.5 Å². The molecule has 0 bridgehead atoms. The number of hydrogen-bond donors (Lipinski definition) is 1. The third-order valence-corrected chi connectivity index (χ3v) is 6.68. The molecule has 214 valence electrons. The van der Waals surface area contributed by atoms with Gasteiger partial charge >= 0.3 is 6.18 Å². The van der Waals surface area contributed by atoms with E-state index in [4.69, 9.17) is 0 Å². The average Bonchev–Trinajstić information content (AvgIpc) is 2.94. The number of carbonyl (C=O) groups is 2. The number of amides is 2. The summed E-state index contributed by atoms with van der Waals surface area (Å²) in [5, 5.41) is 2.67. The van der Waals surface area contributed by atoms with Crippen molar-refractivity contribution in [3.05, 3.63) is 107 Å². The van der Waals surface area contributed by atoms with Crippen LogP contribution >= 0.6 is 0 Å². The van der Waals surface area contributed by atoms with Crippen LogP contribution in [0.25, 0.3) is 0 Å². The van der Waals surface area contributed by atoms with E-state index in [1.54, 1.807) is 17.0 Å². The summed E-state index contributed by atoms with van der Waals surface area (Å²) in [5.41, 5.74) is 1.85. The molecule has 8 heteroatoms. The molecular formula is C32H36F4N2O2. The molecular weight excluding hydrogens is 520 g/mol. The maximum Gasteiger partial charge on any atom is 0.416 e. The number of halogens is 4. The maximum absolute atomic E-state index is 13.1. The van der Waals surface area contributed by atoms with Crippen molar-refractivity contribution >= 4 is 11.8 Å². The molecule has 4 nitrogen and oxygen atoms in total. The number of nitrogens with zero attached hydrogens (tertiary/aromatic N) is 1. The second kappa shape index (κ2) is 15.8. The molecule has 0 aromatic heterocycles. The molecule has 0 heterocycles. The molecule has 0 aliphatic carbocycles. The topological polar surface area (TPSA) is 49.4 Å². The van der Waals surface area contributed by atoms with E-state index in [-0.39, 0.29) is 30.6 Å². The smallest absolute Gasteiger partial charge is 0.352 e. The Hall–Kier alpha value is -3.68. The summed E-state index contributed by atoms with van der Waals surface area (Å²) in [4.78, 5) is 27.2. The number of nitrogens with one attached hydrogen (secondary N) is 1. The summed E-state index contributed by atoms with van der Waals surface area (Å²) in [6.07, 6.45) is 0.550. The van der Waals surface area contributed by atoms with Crippen LogP contribution in [-0.2, 0) is 35.2 Å². The molecule has 40 heavy (non-hydrogen) atoms. The van der Waals surface area contributed by atoms with Gasteiger partial charge in [0.1, 0.15) is 5.82 Å². The quantitative estimate of drug-likeness (QED) is 0.160. The van der Waals surface area contributed by atoms with Gasteiger partial charge in [-0.3, -0.25) is 9.59 Å². The first-order valence-electron chi connectivity index (χ1n) is 13.7. The summed E-state index contributed by atoms with van der Waals surface area (Å²) < 4.78 is 51.9. The number of carbonyl (C=O) groups excluding carboxylic acids is 2. The maximum atomic E-state index is 13.1. The Morgan fingerprint density at radius 1 is 0.700 bits per heavy atom. The Morgan fingerprint density at radius 3 is 2.08 bits per heavy atom. The van der Waals surface area contributed by atoms with Crippen LogP contribution in [0.3, 0.4) is 0 Å². The number of aryl methyl sites for hydroxylation is 2. The highest BCUT2D eigenvalue weighted by molar-refractivity contribution is 5.77. The molecule has 3 aromatic rings. The van der Waals surface area contributed by atoms with Crippen LogP contribution in [0.1, 0.15) is 60.8 Å². The molecule has 0 atom stereocenters. The van der Waals surface area contributed by atoms with Crippen molar-refractivity contribution in [2.45, 2.75) is 64.1 Å². The lowest BCUT2D eigenvalue weighted by Crippen LogP contribution is -2.34. The number of hydrogen-bond acceptors (Lipinski definition) is 2. The zero-order valence-corrected chi connectivity index (χ0v) is 22.6. The van der Waals surface area contributed by atoms with E-state index in [1.807, 2.05) is 30.3 Å². The minimum atomic E-state index is -4.43. The Labute approximate surface area is 233 Å². The Balaban J connectivity index is 1.45. The van der Waals surface area contributed by atoms with E-state index in [0.717, 1.165) is 49.8 Å². The van der Waals surface area contributed by atoms with Gasteiger partial charge < -0.3 is 10.2 Å². The van der Waals surface area contributed by atoms with Crippen LogP contribution in [0, 0.1) is 5.82 Å². The molecule has 0 saturated carbocycles. The van der Waals surface area contributed by atoms with Crippen LogP contribution in [-0.4, -0.2) is 29.8 Å². The normalized spacial score (nSPS) is 11.3. The first-order chi connectivity index (χ1) is 19.2. The molecule has 0 unspecified atom stereocenters. The predicted molar refractivity (Wildman–Crippen MR) is 148 cm³/mol. The third-order valence-electron chi connectivity index (χ3n) is 6.68. The second-order valence-electron chi connectivity index (χ2n) is 9.88. The van der Waals surface area contributed by atoms with Crippen LogP contribution in [0.15, 0.2) is 78.9 Å². The van der Waals surface area contributed by atoms with Crippen LogP contribution < -0.4 is 5.32 Å². The fourth-order valence-corrected chi connectivity index (χ4v) is 4.47. The number of rotatable bonds is 15. The fourth-order valence-electron chi connectivity index (χ4n) is 4.47. The molecule has 1 N–H and O–H groups in total. The number of alkyl halides is 3. The van der Waals surface area contributed by atoms with E-state index in [2.05, 4.69) is 5.32 Å². The Morgan fingerprint density at radius 2 is 1.35 bits per heavy atom. The van der Waals surface area contributed by atoms with Gasteiger partial charge in [0.05, 0.1) is 5.56 Å². The highest BCUT2D eigenvalue weighted by Crippen LogP contribution is 2.29. The van der Waals surface area contributed by atoms with Crippen molar-refractivity contribution < 1.29 is 27.2 Å². The molecule has 3 rings (SSSR count). The van der Waals surface area contributed by atoms with Gasteiger partial charge in [-0.2, -0.15) is 13.2 Å². The summed E-state index contributed by atoms with van der Waals surface area (Å²) in [7, 11) is 0. The van der Waals surface area contributed by atoms with Gasteiger partial charge in [-0.25, -0.2) is 4.39 Å². The van der Waals surface area contributed by atoms with Crippen LogP contribution in [0.4, 0.5) is 17.6 Å². The van der Waals surface area contributed by atoms with Crippen LogP contribution in [0.5, 0.6) is 0 Å². The van der Waals surface area contributed by atoms with E-state index in [0.29, 0.717) is 31.5 Å². The zero-order chi connectivity index (χ0) is 28.8. The zero-order valence-electron chi connectivity index (χ0n) is 22.6. The van der Waals surface area contributed by atoms with E-state index < -0.39 is 11.7 Å². The van der Waals surface area contributed by atoms with Crippen molar-refractivity contribution in [1.82, 2.24) is 10.2 Å². The van der Waals surface area contributed by atoms with Gasteiger partial charge in [-0.15, -0.1) is 0 Å². The SMILES string of the molecule is O=C(CCCN(CCCCc1ccc(F)cc1)C(=O)CCCc1ccccc1)NCc1cccc(C(F)(F)F)c1. The minimum Gasteiger partial charge on any atom is -0.352 e. The Bertz CT molecular complexity index is 1200. The molecule has 0 spiro atoms. The molecule has 0 fully saturated rings. The second-order valence-corrected chi connectivity index (χ2v) is 9.88. The van der Waals surface area contributed by atoms with Crippen molar-refractivity contribution in [2.24, 2.45) is 0 Å². The molecule has 0 saturated heterocycles. The van der Waals surface area contributed by atoms with E-state index in [9.17, 15) is 27.2 Å².